The molecule has 2 aromatic carbocycles. The molecule has 1 N–H and O–H groups in total. The van der Waals surface area contributed by atoms with Crippen LogP contribution >= 0.6 is 0 Å². The summed E-state index contributed by atoms with van der Waals surface area (Å²) < 4.78 is 33.8. The molecular formula is C21H17F2N3O2. The van der Waals surface area contributed by atoms with Crippen LogP contribution in [0.2, 0.25) is 0 Å². The van der Waals surface area contributed by atoms with Gasteiger partial charge < -0.3 is 9.84 Å². The van der Waals surface area contributed by atoms with Crippen molar-refractivity contribution < 1.29 is 18.1 Å². The lowest BCUT2D eigenvalue weighted by atomic mass is 9.91. The number of amides is 1. The maximum atomic E-state index is 14.6. The minimum atomic E-state index is -0.539. The number of nitrogens with one attached hydrogen (secondary N) is 1. The number of fused-ring (bicyclic) bond motifs is 1. The van der Waals surface area contributed by atoms with Gasteiger partial charge >= 0.3 is 0 Å². The monoisotopic (exact) mass is 381 g/mol. The summed E-state index contributed by atoms with van der Waals surface area (Å²) in [5, 5.41) is 6.76. The summed E-state index contributed by atoms with van der Waals surface area (Å²) in [5.74, 6) is -0.434. The fourth-order valence-corrected chi connectivity index (χ4v) is 3.94. The van der Waals surface area contributed by atoms with Crippen LogP contribution < -0.4 is 5.32 Å². The number of aryl methyl sites for hydroxylation is 2. The number of aromatic nitrogens is 2. The van der Waals surface area contributed by atoms with Crippen molar-refractivity contribution in [3.05, 3.63) is 64.5 Å². The van der Waals surface area contributed by atoms with E-state index in [9.17, 15) is 13.6 Å². The van der Waals surface area contributed by atoms with Gasteiger partial charge in [0.2, 0.25) is 5.91 Å². The van der Waals surface area contributed by atoms with Crippen LogP contribution in [0.3, 0.4) is 0 Å². The summed E-state index contributed by atoms with van der Waals surface area (Å²) in [6, 6.07) is 7.62. The summed E-state index contributed by atoms with van der Waals surface area (Å²) in [4.78, 5) is 16.0. The standard InChI is InChI=1S/C21H17F2N3O2/c1-11-2-4-13(22)9-15(11)21(6-7-21)20-25-19(28-26-20)14-8-12-3-5-18(27)24-17(12)10-16(14)23/h2,4,8-10H,3,5-7H2,1H3,(H,24,27). The average Bonchev–Trinajstić information content (AvgIpc) is 3.32. The number of hydrogen-bond donors (Lipinski definition) is 1. The van der Waals surface area contributed by atoms with Gasteiger partial charge in [-0.25, -0.2) is 8.78 Å². The number of benzene rings is 2. The van der Waals surface area contributed by atoms with Crippen LogP contribution in [-0.2, 0) is 16.6 Å². The fraction of sp³-hybridized carbons (Fsp3) is 0.286. The Labute approximate surface area is 159 Å². The smallest absolute Gasteiger partial charge is 0.260 e. The van der Waals surface area contributed by atoms with Crippen molar-refractivity contribution in [2.24, 2.45) is 0 Å². The minimum absolute atomic E-state index is 0.0903. The van der Waals surface area contributed by atoms with E-state index in [1.54, 1.807) is 12.1 Å². The number of anilines is 1. The van der Waals surface area contributed by atoms with Crippen LogP contribution in [0.5, 0.6) is 0 Å². The lowest BCUT2D eigenvalue weighted by Gasteiger charge is -2.17. The summed E-state index contributed by atoms with van der Waals surface area (Å²) in [6.07, 6.45) is 2.46. The normalized spacial score (nSPS) is 17.2. The summed E-state index contributed by atoms with van der Waals surface area (Å²) in [7, 11) is 0. The molecule has 1 saturated carbocycles. The van der Waals surface area contributed by atoms with Gasteiger partial charge in [-0.2, -0.15) is 4.98 Å². The topological polar surface area (TPSA) is 68.0 Å². The third-order valence-electron chi connectivity index (χ3n) is 5.64. The van der Waals surface area contributed by atoms with Crippen LogP contribution in [0.15, 0.2) is 34.9 Å². The minimum Gasteiger partial charge on any atom is -0.334 e. The van der Waals surface area contributed by atoms with Gasteiger partial charge in [0.15, 0.2) is 5.82 Å². The predicted octanol–water partition coefficient (Wildman–Crippen LogP) is 4.29. The van der Waals surface area contributed by atoms with Crippen molar-refractivity contribution in [3.8, 4) is 11.5 Å². The first-order chi connectivity index (χ1) is 13.5. The molecule has 0 bridgehead atoms. The molecular weight excluding hydrogens is 364 g/mol. The second kappa shape index (κ2) is 5.95. The van der Waals surface area contributed by atoms with Crippen LogP contribution in [0.4, 0.5) is 14.5 Å². The highest BCUT2D eigenvalue weighted by Gasteiger charge is 2.51. The first kappa shape index (κ1) is 17.0. The van der Waals surface area contributed by atoms with Crippen LogP contribution in [-0.4, -0.2) is 16.0 Å². The second-order valence-electron chi connectivity index (χ2n) is 7.50. The number of carbonyl (C=O) groups excluding carboxylic acids is 1. The molecule has 5 rings (SSSR count). The molecule has 2 aliphatic rings. The molecule has 0 atom stereocenters. The highest BCUT2D eigenvalue weighted by atomic mass is 19.1. The Balaban J connectivity index is 1.54. The number of nitrogens with zero attached hydrogens (tertiary/aromatic N) is 2. The van der Waals surface area contributed by atoms with Gasteiger partial charge in [-0.15, -0.1) is 0 Å². The van der Waals surface area contributed by atoms with Gasteiger partial charge in [0.05, 0.1) is 11.0 Å². The molecule has 28 heavy (non-hydrogen) atoms. The van der Waals surface area contributed by atoms with Crippen molar-refractivity contribution in [3.63, 3.8) is 0 Å². The molecule has 142 valence electrons. The lowest BCUT2D eigenvalue weighted by Crippen LogP contribution is -2.19. The SMILES string of the molecule is Cc1ccc(F)cc1C1(c2noc(-c3cc4c(cc3F)NC(=O)CC4)n2)CC1. The van der Waals surface area contributed by atoms with Gasteiger partial charge in [0.1, 0.15) is 11.6 Å². The number of hydrogen-bond acceptors (Lipinski definition) is 4. The van der Waals surface area contributed by atoms with Gasteiger partial charge in [0, 0.05) is 12.1 Å². The molecule has 0 saturated heterocycles. The van der Waals surface area contributed by atoms with Crippen LogP contribution in [0.25, 0.3) is 11.5 Å². The van der Waals surface area contributed by atoms with Crippen molar-refractivity contribution in [1.82, 2.24) is 10.1 Å². The van der Waals surface area contributed by atoms with E-state index in [4.69, 9.17) is 4.52 Å². The van der Waals surface area contributed by atoms with Gasteiger partial charge in [-0.05, 0) is 67.1 Å². The zero-order chi connectivity index (χ0) is 19.5. The quantitative estimate of drug-likeness (QED) is 0.735. The highest BCUT2D eigenvalue weighted by Crippen LogP contribution is 2.53. The first-order valence-electron chi connectivity index (χ1n) is 9.20. The van der Waals surface area contributed by atoms with Gasteiger partial charge in [-0.1, -0.05) is 11.2 Å². The van der Waals surface area contributed by atoms with Crippen LogP contribution in [0.1, 0.15) is 41.8 Å². The third kappa shape index (κ3) is 2.61. The maximum Gasteiger partial charge on any atom is 0.260 e. The Hall–Kier alpha value is -3.09. The molecule has 0 radical (unpaired) electrons. The van der Waals surface area contributed by atoms with E-state index in [1.165, 1.54) is 18.2 Å². The summed E-state index contributed by atoms with van der Waals surface area (Å²) in [5.41, 5.74) is 2.84. The molecule has 0 spiro atoms. The molecule has 7 heteroatoms. The Morgan fingerprint density at radius 3 is 2.75 bits per heavy atom. The summed E-state index contributed by atoms with van der Waals surface area (Å²) in [6.45, 7) is 1.92. The molecule has 1 amide bonds. The Bertz CT molecular complexity index is 1120. The Morgan fingerprint density at radius 1 is 1.14 bits per heavy atom. The molecule has 2 heterocycles. The van der Waals surface area contributed by atoms with Gasteiger partial charge in [-0.3, -0.25) is 4.79 Å². The van der Waals surface area contributed by atoms with Crippen molar-refractivity contribution in [2.45, 2.75) is 38.0 Å². The number of carbonyl (C=O) groups is 1. The highest BCUT2D eigenvalue weighted by molar-refractivity contribution is 5.94. The molecule has 1 aliphatic carbocycles. The Morgan fingerprint density at radius 2 is 1.96 bits per heavy atom. The molecule has 0 unspecified atom stereocenters. The zero-order valence-corrected chi connectivity index (χ0v) is 15.2. The van der Waals surface area contributed by atoms with Gasteiger partial charge in [0.25, 0.3) is 5.89 Å². The zero-order valence-electron chi connectivity index (χ0n) is 15.2. The van der Waals surface area contributed by atoms with E-state index in [0.29, 0.717) is 24.4 Å². The number of rotatable bonds is 3. The van der Waals surface area contributed by atoms with E-state index in [2.05, 4.69) is 15.5 Å². The van der Waals surface area contributed by atoms with Crippen LogP contribution in [0, 0.1) is 18.6 Å². The maximum absolute atomic E-state index is 14.6. The second-order valence-corrected chi connectivity index (χ2v) is 7.50. The van der Waals surface area contributed by atoms with Crippen molar-refractivity contribution in [2.75, 3.05) is 5.32 Å². The Kier molecular flexibility index (Phi) is 3.62. The van der Waals surface area contributed by atoms with E-state index in [0.717, 1.165) is 29.5 Å². The van der Waals surface area contributed by atoms with Crippen molar-refractivity contribution in [1.29, 1.82) is 0 Å². The number of halogens is 2. The largest absolute Gasteiger partial charge is 0.334 e. The molecule has 1 aromatic heterocycles. The predicted molar refractivity (Wildman–Crippen MR) is 97.8 cm³/mol. The fourth-order valence-electron chi connectivity index (χ4n) is 3.94. The molecule has 3 aromatic rings. The van der Waals surface area contributed by atoms with E-state index in [-0.39, 0.29) is 23.2 Å². The average molecular weight is 381 g/mol. The van der Waals surface area contributed by atoms with Crippen molar-refractivity contribution >= 4 is 11.6 Å². The molecule has 1 fully saturated rings. The molecule has 5 nitrogen and oxygen atoms in total. The lowest BCUT2D eigenvalue weighted by molar-refractivity contribution is -0.116. The van der Waals surface area contributed by atoms with E-state index in [1.807, 2.05) is 6.92 Å². The molecule has 1 aliphatic heterocycles. The first-order valence-corrected chi connectivity index (χ1v) is 9.20. The van der Waals surface area contributed by atoms with E-state index < -0.39 is 11.2 Å². The van der Waals surface area contributed by atoms with E-state index >= 15 is 0 Å². The summed E-state index contributed by atoms with van der Waals surface area (Å²) >= 11 is 0. The third-order valence-corrected chi connectivity index (χ3v) is 5.64.